The number of anilines is 1. The summed E-state index contributed by atoms with van der Waals surface area (Å²) in [4.78, 5) is 20.8. The van der Waals surface area contributed by atoms with E-state index in [1.165, 1.54) is 12.8 Å². The molecule has 6 nitrogen and oxygen atoms in total. The molecule has 0 aromatic carbocycles. The molecule has 6 heteroatoms. The van der Waals surface area contributed by atoms with Gasteiger partial charge in [-0.05, 0) is 58.6 Å². The lowest BCUT2D eigenvalue weighted by Gasteiger charge is -2.12. The predicted octanol–water partition coefficient (Wildman–Crippen LogP) is 2.82. The molecule has 0 bridgehead atoms. The van der Waals surface area contributed by atoms with Crippen molar-refractivity contribution < 1.29 is 4.79 Å². The van der Waals surface area contributed by atoms with Gasteiger partial charge in [-0.15, -0.1) is 0 Å². The van der Waals surface area contributed by atoms with E-state index >= 15 is 0 Å². The van der Waals surface area contributed by atoms with Crippen molar-refractivity contribution in [2.24, 2.45) is 5.92 Å². The fourth-order valence-corrected chi connectivity index (χ4v) is 2.74. The summed E-state index contributed by atoms with van der Waals surface area (Å²) in [6.45, 7) is 7.89. The topological polar surface area (TPSA) is 72.7 Å². The van der Waals surface area contributed by atoms with Crippen molar-refractivity contribution in [1.82, 2.24) is 19.7 Å². The van der Waals surface area contributed by atoms with Crippen LogP contribution in [-0.2, 0) is 0 Å². The van der Waals surface area contributed by atoms with Crippen LogP contribution in [0.1, 0.15) is 53.4 Å². The number of aryl methyl sites for hydroxylation is 3. The molecule has 2 heterocycles. The first-order valence-corrected chi connectivity index (χ1v) is 7.64. The smallest absolute Gasteiger partial charge is 0.278 e. The number of hydrogen-bond donors (Lipinski definition) is 1. The molecule has 2 aromatic heterocycles. The van der Waals surface area contributed by atoms with E-state index in [0.29, 0.717) is 23.6 Å². The zero-order valence-electron chi connectivity index (χ0n) is 13.4. The van der Waals surface area contributed by atoms with Gasteiger partial charge in [0.1, 0.15) is 0 Å². The third kappa shape index (κ3) is 3.00. The van der Waals surface area contributed by atoms with Crippen LogP contribution >= 0.6 is 0 Å². The average molecular weight is 299 g/mol. The molecule has 3 rings (SSSR count). The van der Waals surface area contributed by atoms with Gasteiger partial charge in [0.15, 0.2) is 5.69 Å². The van der Waals surface area contributed by atoms with Gasteiger partial charge in [-0.1, -0.05) is 0 Å². The lowest BCUT2D eigenvalue weighted by molar-refractivity contribution is 0.102. The summed E-state index contributed by atoms with van der Waals surface area (Å²) in [5.74, 6) is 0.747. The van der Waals surface area contributed by atoms with Crippen LogP contribution in [-0.4, -0.2) is 25.7 Å². The summed E-state index contributed by atoms with van der Waals surface area (Å²) in [7, 11) is 0. The highest BCUT2D eigenvalue weighted by Crippen LogP contribution is 2.39. The molecule has 1 aliphatic rings. The second kappa shape index (κ2) is 5.51. The molecule has 0 spiro atoms. The molecule has 1 aliphatic carbocycles. The Morgan fingerprint density at radius 1 is 1.23 bits per heavy atom. The third-order valence-electron chi connectivity index (χ3n) is 4.05. The SMILES string of the molecule is Cc1cc(C)nc(NC(=O)c2cc(C)n(C(C)C3CC3)n2)n1. The maximum Gasteiger partial charge on any atom is 0.278 e. The van der Waals surface area contributed by atoms with Gasteiger partial charge in [-0.2, -0.15) is 5.10 Å². The molecule has 1 N–H and O–H groups in total. The van der Waals surface area contributed by atoms with Crippen molar-refractivity contribution in [2.75, 3.05) is 5.32 Å². The maximum absolute atomic E-state index is 12.3. The molecule has 0 saturated heterocycles. The molecular weight excluding hydrogens is 278 g/mol. The Morgan fingerprint density at radius 2 is 1.86 bits per heavy atom. The summed E-state index contributed by atoms with van der Waals surface area (Å²) in [6, 6.07) is 4.03. The Hall–Kier alpha value is -2.24. The summed E-state index contributed by atoms with van der Waals surface area (Å²) in [6.07, 6.45) is 2.50. The van der Waals surface area contributed by atoms with E-state index in [4.69, 9.17) is 0 Å². The van der Waals surface area contributed by atoms with Crippen LogP contribution in [0.15, 0.2) is 12.1 Å². The molecule has 2 aromatic rings. The fraction of sp³-hybridized carbons (Fsp3) is 0.500. The van der Waals surface area contributed by atoms with Crippen molar-refractivity contribution >= 4 is 11.9 Å². The van der Waals surface area contributed by atoms with E-state index in [0.717, 1.165) is 17.1 Å². The van der Waals surface area contributed by atoms with Crippen LogP contribution in [0, 0.1) is 26.7 Å². The average Bonchev–Trinajstić information content (AvgIpc) is 3.19. The fourth-order valence-electron chi connectivity index (χ4n) is 2.74. The van der Waals surface area contributed by atoms with Gasteiger partial charge >= 0.3 is 0 Å². The number of nitrogens with one attached hydrogen (secondary N) is 1. The largest absolute Gasteiger partial charge is 0.289 e. The molecule has 1 amide bonds. The van der Waals surface area contributed by atoms with Gasteiger partial charge in [0.05, 0.1) is 6.04 Å². The summed E-state index contributed by atoms with van der Waals surface area (Å²) < 4.78 is 1.95. The highest BCUT2D eigenvalue weighted by Gasteiger charge is 2.31. The molecule has 22 heavy (non-hydrogen) atoms. The van der Waals surface area contributed by atoms with Crippen molar-refractivity contribution in [3.8, 4) is 0 Å². The molecule has 1 fully saturated rings. The monoisotopic (exact) mass is 299 g/mol. The Kier molecular flexibility index (Phi) is 3.68. The number of nitrogens with zero attached hydrogens (tertiary/aromatic N) is 4. The van der Waals surface area contributed by atoms with E-state index < -0.39 is 0 Å². The van der Waals surface area contributed by atoms with Crippen molar-refractivity contribution in [1.29, 1.82) is 0 Å². The zero-order chi connectivity index (χ0) is 15.9. The first kappa shape index (κ1) is 14.7. The normalized spacial score (nSPS) is 15.6. The van der Waals surface area contributed by atoms with Gasteiger partial charge < -0.3 is 0 Å². The Morgan fingerprint density at radius 3 is 2.45 bits per heavy atom. The third-order valence-corrected chi connectivity index (χ3v) is 4.05. The molecule has 116 valence electrons. The first-order valence-electron chi connectivity index (χ1n) is 7.64. The van der Waals surface area contributed by atoms with Crippen LogP contribution in [0.5, 0.6) is 0 Å². The lowest BCUT2D eigenvalue weighted by atomic mass is 10.2. The standard InChI is InChI=1S/C16H21N5O/c1-9-7-10(2)18-16(17-9)19-15(22)14-8-11(3)21(20-14)12(4)13-5-6-13/h7-8,12-13H,5-6H2,1-4H3,(H,17,18,19,22). The minimum absolute atomic E-state index is 0.269. The van der Waals surface area contributed by atoms with Crippen molar-refractivity contribution in [3.63, 3.8) is 0 Å². The molecule has 0 radical (unpaired) electrons. The van der Waals surface area contributed by atoms with Gasteiger partial charge in [-0.3, -0.25) is 14.8 Å². The first-order chi connectivity index (χ1) is 10.4. The van der Waals surface area contributed by atoms with Crippen LogP contribution in [0.3, 0.4) is 0 Å². The van der Waals surface area contributed by atoms with Gasteiger partial charge in [0.25, 0.3) is 5.91 Å². The summed E-state index contributed by atoms with van der Waals surface area (Å²) in [5, 5.41) is 7.19. The van der Waals surface area contributed by atoms with Crippen LogP contribution in [0.25, 0.3) is 0 Å². The molecule has 1 atom stereocenters. The second-order valence-corrected chi connectivity index (χ2v) is 6.12. The summed E-state index contributed by atoms with van der Waals surface area (Å²) in [5.41, 5.74) is 3.07. The number of carbonyl (C=O) groups excluding carboxylic acids is 1. The zero-order valence-corrected chi connectivity index (χ0v) is 13.4. The number of amides is 1. The number of rotatable bonds is 4. The van der Waals surface area contributed by atoms with E-state index in [2.05, 4.69) is 27.3 Å². The van der Waals surface area contributed by atoms with E-state index in [-0.39, 0.29) is 5.91 Å². The molecule has 1 saturated carbocycles. The minimum Gasteiger partial charge on any atom is -0.289 e. The number of hydrogen-bond acceptors (Lipinski definition) is 4. The van der Waals surface area contributed by atoms with Crippen LogP contribution < -0.4 is 5.32 Å². The molecular formula is C16H21N5O. The van der Waals surface area contributed by atoms with Crippen molar-refractivity contribution in [2.45, 2.75) is 46.6 Å². The second-order valence-electron chi connectivity index (χ2n) is 6.12. The highest BCUT2D eigenvalue weighted by atomic mass is 16.2. The minimum atomic E-state index is -0.269. The van der Waals surface area contributed by atoms with Crippen molar-refractivity contribution in [3.05, 3.63) is 34.9 Å². The van der Waals surface area contributed by atoms with Gasteiger partial charge in [0, 0.05) is 17.1 Å². The molecule has 0 aliphatic heterocycles. The van der Waals surface area contributed by atoms with E-state index in [1.54, 1.807) is 0 Å². The summed E-state index contributed by atoms with van der Waals surface area (Å²) >= 11 is 0. The van der Waals surface area contributed by atoms with E-state index in [9.17, 15) is 4.79 Å². The Balaban J connectivity index is 1.78. The van der Waals surface area contributed by atoms with Crippen LogP contribution in [0.2, 0.25) is 0 Å². The Bertz CT molecular complexity index is 697. The Labute approximate surface area is 130 Å². The highest BCUT2D eigenvalue weighted by molar-refractivity contribution is 6.01. The van der Waals surface area contributed by atoms with Gasteiger partial charge in [-0.25, -0.2) is 9.97 Å². The van der Waals surface area contributed by atoms with Crippen LogP contribution in [0.4, 0.5) is 5.95 Å². The molecule has 1 unspecified atom stereocenters. The lowest BCUT2D eigenvalue weighted by Crippen LogP contribution is -2.17. The predicted molar refractivity (Wildman–Crippen MR) is 83.9 cm³/mol. The quantitative estimate of drug-likeness (QED) is 0.942. The van der Waals surface area contributed by atoms with Gasteiger partial charge in [0.2, 0.25) is 5.95 Å². The number of aromatic nitrogens is 4. The number of carbonyl (C=O) groups is 1. The van der Waals surface area contributed by atoms with E-state index in [1.807, 2.05) is 37.6 Å². The maximum atomic E-state index is 12.3.